The fraction of sp³-hybridized carbons (Fsp3) is 0.600. The Hall–Kier alpha value is -0.950. The van der Waals surface area contributed by atoms with E-state index in [1.54, 1.807) is 18.2 Å². The van der Waals surface area contributed by atoms with E-state index < -0.39 is 15.6 Å². The molecule has 0 radical (unpaired) electrons. The van der Waals surface area contributed by atoms with Crippen LogP contribution in [-0.4, -0.2) is 32.3 Å². The second-order valence-electron chi connectivity index (χ2n) is 5.76. The van der Waals surface area contributed by atoms with E-state index >= 15 is 0 Å². The summed E-state index contributed by atoms with van der Waals surface area (Å²) < 4.78 is 33.2. The molecule has 0 bridgehead atoms. The topological polar surface area (TPSA) is 75.6 Å². The molecule has 0 spiro atoms. The van der Waals surface area contributed by atoms with E-state index in [9.17, 15) is 13.5 Å². The van der Waals surface area contributed by atoms with Crippen LogP contribution >= 0.6 is 0 Å². The maximum absolute atomic E-state index is 12.5. The highest BCUT2D eigenvalue weighted by atomic mass is 32.2. The smallest absolute Gasteiger partial charge is 0.241 e. The van der Waals surface area contributed by atoms with E-state index in [0.717, 1.165) is 24.8 Å². The van der Waals surface area contributed by atoms with Crippen molar-refractivity contribution < 1.29 is 18.3 Å². The first-order valence-corrected chi connectivity index (χ1v) is 8.73. The van der Waals surface area contributed by atoms with Gasteiger partial charge in [-0.2, -0.15) is 0 Å². The summed E-state index contributed by atoms with van der Waals surface area (Å²) >= 11 is 0. The van der Waals surface area contributed by atoms with Crippen molar-refractivity contribution in [1.29, 1.82) is 0 Å². The molecule has 6 heteroatoms. The minimum atomic E-state index is -3.62. The zero-order valence-corrected chi connectivity index (χ0v) is 13.4. The van der Waals surface area contributed by atoms with Crippen LogP contribution in [0.4, 0.5) is 0 Å². The first-order chi connectivity index (χ1) is 9.90. The van der Waals surface area contributed by atoms with Gasteiger partial charge in [0, 0.05) is 6.61 Å². The van der Waals surface area contributed by atoms with Crippen molar-refractivity contribution in [3.05, 3.63) is 29.3 Å². The average molecular weight is 313 g/mol. The molecule has 21 heavy (non-hydrogen) atoms. The molecule has 1 unspecified atom stereocenters. The number of sulfonamides is 1. The Labute approximate surface area is 126 Å². The summed E-state index contributed by atoms with van der Waals surface area (Å²) in [6.45, 7) is 4.73. The Bertz CT molecular complexity index is 592. The number of rotatable bonds is 5. The first-order valence-electron chi connectivity index (χ1n) is 7.24. The highest BCUT2D eigenvalue weighted by molar-refractivity contribution is 7.89. The van der Waals surface area contributed by atoms with Crippen LogP contribution in [0.15, 0.2) is 23.1 Å². The van der Waals surface area contributed by atoms with E-state index in [1.807, 2.05) is 13.8 Å². The Morgan fingerprint density at radius 2 is 2.14 bits per heavy atom. The Balaban J connectivity index is 2.27. The molecule has 2 rings (SSSR count). The molecule has 5 nitrogen and oxygen atoms in total. The van der Waals surface area contributed by atoms with Gasteiger partial charge in [-0.05, 0) is 49.4 Å². The molecule has 0 aliphatic carbocycles. The fourth-order valence-corrected chi connectivity index (χ4v) is 4.13. The van der Waals surface area contributed by atoms with Crippen LogP contribution in [0.3, 0.4) is 0 Å². The third-order valence-electron chi connectivity index (χ3n) is 3.86. The van der Waals surface area contributed by atoms with Crippen molar-refractivity contribution in [2.45, 2.75) is 50.2 Å². The molecule has 118 valence electrons. The minimum absolute atomic E-state index is 0.160. The number of aliphatic hydroxyl groups excluding tert-OH is 1. The van der Waals surface area contributed by atoms with Crippen LogP contribution in [0.25, 0.3) is 0 Å². The largest absolute Gasteiger partial charge is 0.392 e. The van der Waals surface area contributed by atoms with Gasteiger partial charge >= 0.3 is 0 Å². The first kappa shape index (κ1) is 16.4. The molecular weight excluding hydrogens is 290 g/mol. The molecule has 1 aromatic carbocycles. The predicted octanol–water partition coefficient (Wildman–Crippen LogP) is 1.59. The van der Waals surface area contributed by atoms with E-state index in [0.29, 0.717) is 18.8 Å². The molecule has 0 aromatic heterocycles. The van der Waals surface area contributed by atoms with Crippen molar-refractivity contribution in [3.8, 4) is 0 Å². The van der Waals surface area contributed by atoms with Crippen LogP contribution in [0.2, 0.25) is 0 Å². The lowest BCUT2D eigenvalue weighted by molar-refractivity contribution is 0.0386. The number of hydrogen-bond donors (Lipinski definition) is 2. The van der Waals surface area contributed by atoms with Crippen LogP contribution < -0.4 is 4.72 Å². The van der Waals surface area contributed by atoms with Gasteiger partial charge < -0.3 is 9.84 Å². The maximum Gasteiger partial charge on any atom is 0.241 e. The van der Waals surface area contributed by atoms with Gasteiger partial charge in [-0.1, -0.05) is 13.0 Å². The molecule has 1 atom stereocenters. The molecule has 1 saturated heterocycles. The standard InChI is InChI=1S/C15H23NO4S/c1-3-12-5-6-14(9-13(12)10-17)21(18,19)16-15(2)7-4-8-20-11-15/h5-6,9,16-17H,3-4,7-8,10-11H2,1-2H3. The number of benzene rings is 1. The third-order valence-corrected chi connectivity index (χ3v) is 5.49. The maximum atomic E-state index is 12.5. The summed E-state index contributed by atoms with van der Waals surface area (Å²) in [5.41, 5.74) is 1.05. The van der Waals surface area contributed by atoms with E-state index in [2.05, 4.69) is 4.72 Å². The number of aliphatic hydroxyl groups is 1. The zero-order valence-electron chi connectivity index (χ0n) is 12.6. The van der Waals surface area contributed by atoms with E-state index in [1.165, 1.54) is 0 Å². The number of ether oxygens (including phenoxy) is 1. The summed E-state index contributed by atoms with van der Waals surface area (Å²) in [7, 11) is -3.62. The summed E-state index contributed by atoms with van der Waals surface area (Å²) in [5, 5.41) is 9.38. The predicted molar refractivity (Wildman–Crippen MR) is 80.5 cm³/mol. The van der Waals surface area contributed by atoms with Gasteiger partial charge in [0.25, 0.3) is 0 Å². The molecule has 1 aliphatic rings. The molecule has 1 aromatic rings. The Morgan fingerprint density at radius 1 is 1.38 bits per heavy atom. The minimum Gasteiger partial charge on any atom is -0.392 e. The molecule has 1 aliphatic heterocycles. The third kappa shape index (κ3) is 3.83. The van der Waals surface area contributed by atoms with Crippen LogP contribution in [0.1, 0.15) is 37.8 Å². The Morgan fingerprint density at radius 3 is 2.71 bits per heavy atom. The van der Waals surface area contributed by atoms with Crippen LogP contribution in [0.5, 0.6) is 0 Å². The van der Waals surface area contributed by atoms with Crippen molar-refractivity contribution in [2.24, 2.45) is 0 Å². The van der Waals surface area contributed by atoms with Gasteiger partial charge in [-0.15, -0.1) is 0 Å². The molecule has 0 amide bonds. The highest BCUT2D eigenvalue weighted by Gasteiger charge is 2.33. The van der Waals surface area contributed by atoms with Gasteiger partial charge in [0.05, 0.1) is 23.6 Å². The number of nitrogens with one attached hydrogen (secondary N) is 1. The van der Waals surface area contributed by atoms with Crippen molar-refractivity contribution in [3.63, 3.8) is 0 Å². The zero-order chi connectivity index (χ0) is 15.5. The summed E-state index contributed by atoms with van der Waals surface area (Å²) in [5.74, 6) is 0. The lowest BCUT2D eigenvalue weighted by atomic mass is 9.97. The van der Waals surface area contributed by atoms with Gasteiger partial charge in [-0.3, -0.25) is 0 Å². The summed E-state index contributed by atoms with van der Waals surface area (Å²) in [4.78, 5) is 0.190. The van der Waals surface area contributed by atoms with Gasteiger partial charge in [0.2, 0.25) is 10.0 Å². The van der Waals surface area contributed by atoms with Crippen LogP contribution in [-0.2, 0) is 27.8 Å². The number of hydrogen-bond acceptors (Lipinski definition) is 4. The molecule has 2 N–H and O–H groups in total. The van der Waals surface area contributed by atoms with Gasteiger partial charge in [0.15, 0.2) is 0 Å². The lowest BCUT2D eigenvalue weighted by Crippen LogP contribution is -2.51. The summed E-state index contributed by atoms with van der Waals surface area (Å²) in [6.07, 6.45) is 2.36. The van der Waals surface area contributed by atoms with Crippen molar-refractivity contribution in [1.82, 2.24) is 4.72 Å². The second-order valence-corrected chi connectivity index (χ2v) is 7.45. The fourth-order valence-electron chi connectivity index (χ4n) is 2.66. The normalized spacial score (nSPS) is 23.2. The summed E-state index contributed by atoms with van der Waals surface area (Å²) in [6, 6.07) is 4.90. The second kappa shape index (κ2) is 6.44. The molecule has 1 heterocycles. The molecule has 1 fully saturated rings. The van der Waals surface area contributed by atoms with Crippen molar-refractivity contribution in [2.75, 3.05) is 13.2 Å². The van der Waals surface area contributed by atoms with Gasteiger partial charge in [-0.25, -0.2) is 13.1 Å². The Kier molecular flexibility index (Phi) is 5.03. The number of aryl methyl sites for hydroxylation is 1. The van der Waals surface area contributed by atoms with Crippen molar-refractivity contribution >= 4 is 10.0 Å². The van der Waals surface area contributed by atoms with Crippen LogP contribution in [0, 0.1) is 0 Å². The average Bonchev–Trinajstić information content (AvgIpc) is 2.46. The monoisotopic (exact) mass is 313 g/mol. The quantitative estimate of drug-likeness (QED) is 0.865. The van der Waals surface area contributed by atoms with E-state index in [4.69, 9.17) is 4.74 Å². The molecule has 0 saturated carbocycles. The SMILES string of the molecule is CCc1ccc(S(=O)(=O)NC2(C)CCCOC2)cc1CO. The highest BCUT2D eigenvalue weighted by Crippen LogP contribution is 2.23. The lowest BCUT2D eigenvalue weighted by Gasteiger charge is -2.33. The molecular formula is C15H23NO4S. The van der Waals surface area contributed by atoms with E-state index in [-0.39, 0.29) is 11.5 Å². The van der Waals surface area contributed by atoms with Gasteiger partial charge in [0.1, 0.15) is 0 Å².